The van der Waals surface area contributed by atoms with E-state index in [1.54, 1.807) is 0 Å². The van der Waals surface area contributed by atoms with Crippen LogP contribution in [0.1, 0.15) is 51.4 Å². The molecule has 1 aromatic rings. The molecule has 3 nitrogen and oxygen atoms in total. The van der Waals surface area contributed by atoms with Gasteiger partial charge in [-0.2, -0.15) is 0 Å². The van der Waals surface area contributed by atoms with E-state index in [2.05, 4.69) is 57.9 Å². The van der Waals surface area contributed by atoms with Gasteiger partial charge in [-0.3, -0.25) is 0 Å². The van der Waals surface area contributed by atoms with Gasteiger partial charge in [0.15, 0.2) is 0 Å². The molecule has 0 fully saturated rings. The summed E-state index contributed by atoms with van der Waals surface area (Å²) in [4.78, 5) is 4.55. The smallest absolute Gasteiger partial charge is 0.218 e. The van der Waals surface area contributed by atoms with Crippen molar-refractivity contribution >= 4 is 0 Å². The minimum Gasteiger partial charge on any atom is -0.472 e. The first-order chi connectivity index (χ1) is 8.69. The number of pyridine rings is 1. The van der Waals surface area contributed by atoms with Crippen molar-refractivity contribution in [1.82, 2.24) is 10.3 Å². The molecule has 0 radical (unpaired) electrons. The van der Waals surface area contributed by atoms with Crippen molar-refractivity contribution in [2.24, 2.45) is 5.92 Å². The van der Waals surface area contributed by atoms with Gasteiger partial charge in [-0.05, 0) is 58.7 Å². The van der Waals surface area contributed by atoms with Crippen LogP contribution in [-0.4, -0.2) is 17.1 Å². The van der Waals surface area contributed by atoms with Gasteiger partial charge in [-0.1, -0.05) is 13.8 Å². The van der Waals surface area contributed by atoms with Crippen LogP contribution in [0.15, 0.2) is 6.07 Å². The Bertz CT molecular complexity index is 419. The normalized spacial score (nSPS) is 12.0. The second-order valence-electron chi connectivity index (χ2n) is 6.60. The summed E-state index contributed by atoms with van der Waals surface area (Å²) in [7, 11) is 0. The molecule has 0 bridgehead atoms. The van der Waals surface area contributed by atoms with Crippen LogP contribution < -0.4 is 10.1 Å². The van der Waals surface area contributed by atoms with Gasteiger partial charge in [0.25, 0.3) is 0 Å². The third-order valence-electron chi connectivity index (χ3n) is 2.69. The van der Waals surface area contributed by atoms with Crippen molar-refractivity contribution in [1.29, 1.82) is 0 Å². The Morgan fingerprint density at radius 1 is 1.26 bits per heavy atom. The molecule has 19 heavy (non-hydrogen) atoms. The molecule has 1 N–H and O–H groups in total. The Morgan fingerprint density at radius 3 is 2.42 bits per heavy atom. The van der Waals surface area contributed by atoms with Crippen LogP contribution in [0.3, 0.4) is 0 Å². The third-order valence-corrected chi connectivity index (χ3v) is 2.69. The first kappa shape index (κ1) is 16.0. The molecule has 1 aromatic heterocycles. The molecule has 0 saturated heterocycles. The molecule has 0 unspecified atom stereocenters. The molecule has 0 amide bonds. The van der Waals surface area contributed by atoms with E-state index in [0.717, 1.165) is 24.7 Å². The van der Waals surface area contributed by atoms with Crippen molar-refractivity contribution in [3.8, 4) is 5.88 Å². The van der Waals surface area contributed by atoms with Gasteiger partial charge in [-0.25, -0.2) is 4.98 Å². The fraction of sp³-hybridized carbons (Fsp3) is 0.688. The standard InChI is InChI=1S/C16H28N2O/c1-11(2)9-17-10-14-12(3)8-13(4)18-15(14)19-16(5,6)7/h8,11,17H,9-10H2,1-7H3. The number of hydrogen-bond acceptors (Lipinski definition) is 3. The van der Waals surface area contributed by atoms with E-state index in [1.807, 2.05) is 6.92 Å². The van der Waals surface area contributed by atoms with Crippen LogP contribution in [0.25, 0.3) is 0 Å². The molecule has 0 saturated carbocycles. The topological polar surface area (TPSA) is 34.1 Å². The van der Waals surface area contributed by atoms with E-state index >= 15 is 0 Å². The van der Waals surface area contributed by atoms with Crippen LogP contribution in [0, 0.1) is 19.8 Å². The zero-order valence-electron chi connectivity index (χ0n) is 13.4. The summed E-state index contributed by atoms with van der Waals surface area (Å²) in [5, 5.41) is 3.47. The highest BCUT2D eigenvalue weighted by atomic mass is 16.5. The number of nitrogens with zero attached hydrogens (tertiary/aromatic N) is 1. The van der Waals surface area contributed by atoms with E-state index in [9.17, 15) is 0 Å². The van der Waals surface area contributed by atoms with Gasteiger partial charge in [0.2, 0.25) is 5.88 Å². The van der Waals surface area contributed by atoms with Crippen molar-refractivity contribution in [3.63, 3.8) is 0 Å². The molecule has 0 aliphatic rings. The SMILES string of the molecule is Cc1cc(C)c(CNCC(C)C)c(OC(C)(C)C)n1. The molecule has 1 heterocycles. The highest BCUT2D eigenvalue weighted by Crippen LogP contribution is 2.24. The lowest BCUT2D eigenvalue weighted by atomic mass is 10.1. The molecule has 3 heteroatoms. The highest BCUT2D eigenvalue weighted by Gasteiger charge is 2.17. The zero-order valence-corrected chi connectivity index (χ0v) is 13.4. The molecule has 0 spiro atoms. The van der Waals surface area contributed by atoms with Crippen LogP contribution in [0.2, 0.25) is 0 Å². The van der Waals surface area contributed by atoms with Gasteiger partial charge < -0.3 is 10.1 Å². The average molecular weight is 264 g/mol. The van der Waals surface area contributed by atoms with Gasteiger partial charge in [0.1, 0.15) is 5.60 Å². The van der Waals surface area contributed by atoms with Crippen LogP contribution >= 0.6 is 0 Å². The minimum absolute atomic E-state index is 0.222. The lowest BCUT2D eigenvalue weighted by Crippen LogP contribution is -2.26. The number of rotatable bonds is 5. The Hall–Kier alpha value is -1.09. The van der Waals surface area contributed by atoms with Gasteiger partial charge in [0, 0.05) is 17.8 Å². The molecule has 0 aliphatic carbocycles. The summed E-state index contributed by atoms with van der Waals surface area (Å²) in [5.74, 6) is 1.41. The third kappa shape index (κ3) is 5.60. The summed E-state index contributed by atoms with van der Waals surface area (Å²) in [6.45, 7) is 16.5. The van der Waals surface area contributed by atoms with Crippen molar-refractivity contribution in [2.75, 3.05) is 6.54 Å². The van der Waals surface area contributed by atoms with Crippen molar-refractivity contribution < 1.29 is 4.74 Å². The first-order valence-corrected chi connectivity index (χ1v) is 7.06. The maximum absolute atomic E-state index is 6.00. The largest absolute Gasteiger partial charge is 0.472 e. The van der Waals surface area contributed by atoms with E-state index < -0.39 is 0 Å². The molecular weight excluding hydrogens is 236 g/mol. The zero-order chi connectivity index (χ0) is 14.6. The quantitative estimate of drug-likeness (QED) is 0.882. The van der Waals surface area contributed by atoms with Crippen LogP contribution in [0.5, 0.6) is 5.88 Å². The van der Waals surface area contributed by atoms with Crippen molar-refractivity contribution in [2.45, 2.75) is 60.6 Å². The second kappa shape index (κ2) is 6.38. The Kier molecular flexibility index (Phi) is 5.36. The summed E-state index contributed by atoms with van der Waals surface area (Å²) >= 11 is 0. The number of hydrogen-bond donors (Lipinski definition) is 1. The highest BCUT2D eigenvalue weighted by molar-refractivity contribution is 5.36. The second-order valence-corrected chi connectivity index (χ2v) is 6.60. The number of aryl methyl sites for hydroxylation is 2. The van der Waals surface area contributed by atoms with E-state index in [-0.39, 0.29) is 5.60 Å². The summed E-state index contributed by atoms with van der Waals surface area (Å²) in [5.41, 5.74) is 3.19. The van der Waals surface area contributed by atoms with Crippen LogP contribution in [-0.2, 0) is 6.54 Å². The van der Waals surface area contributed by atoms with E-state index in [4.69, 9.17) is 4.74 Å². The van der Waals surface area contributed by atoms with Gasteiger partial charge >= 0.3 is 0 Å². The van der Waals surface area contributed by atoms with E-state index in [0.29, 0.717) is 5.92 Å². The maximum atomic E-state index is 6.00. The molecular formula is C16H28N2O. The van der Waals surface area contributed by atoms with Crippen molar-refractivity contribution in [3.05, 3.63) is 22.9 Å². The fourth-order valence-corrected chi connectivity index (χ4v) is 1.90. The minimum atomic E-state index is -0.222. The molecule has 108 valence electrons. The predicted molar refractivity (Wildman–Crippen MR) is 80.6 cm³/mol. The Morgan fingerprint density at radius 2 is 1.89 bits per heavy atom. The molecule has 1 rings (SSSR count). The number of nitrogens with one attached hydrogen (secondary N) is 1. The summed E-state index contributed by atoms with van der Waals surface area (Å²) in [6.07, 6.45) is 0. The summed E-state index contributed by atoms with van der Waals surface area (Å²) < 4.78 is 6.00. The molecule has 0 atom stereocenters. The Labute approximate surface area is 117 Å². The maximum Gasteiger partial charge on any atom is 0.218 e. The summed E-state index contributed by atoms with van der Waals surface area (Å²) in [6, 6.07) is 2.11. The van der Waals surface area contributed by atoms with E-state index in [1.165, 1.54) is 11.1 Å². The van der Waals surface area contributed by atoms with Gasteiger partial charge in [-0.15, -0.1) is 0 Å². The Balaban J connectivity index is 2.93. The predicted octanol–water partition coefficient (Wildman–Crippen LogP) is 3.62. The monoisotopic (exact) mass is 264 g/mol. The fourth-order valence-electron chi connectivity index (χ4n) is 1.90. The first-order valence-electron chi connectivity index (χ1n) is 7.06. The number of ether oxygens (including phenoxy) is 1. The lowest BCUT2D eigenvalue weighted by Gasteiger charge is -2.23. The number of aromatic nitrogens is 1. The molecule has 0 aromatic carbocycles. The van der Waals surface area contributed by atoms with Gasteiger partial charge in [0.05, 0.1) is 0 Å². The lowest BCUT2D eigenvalue weighted by molar-refractivity contribution is 0.122. The van der Waals surface area contributed by atoms with Crippen LogP contribution in [0.4, 0.5) is 0 Å². The molecule has 0 aliphatic heterocycles. The average Bonchev–Trinajstić information content (AvgIpc) is 2.18.